The molecule has 1 aliphatic carbocycles. The minimum atomic E-state index is -3.40. The average molecular weight is 355 g/mol. The Kier molecular flexibility index (Phi) is 5.03. The van der Waals surface area contributed by atoms with Crippen molar-refractivity contribution in [2.24, 2.45) is 5.92 Å². The SMILES string of the molecule is O=C(NNC1=CCCC1)C1CCN(S(=O)(=O)c2cccs2)CC1. The van der Waals surface area contributed by atoms with Crippen LogP contribution >= 0.6 is 11.3 Å². The number of thiophene rings is 1. The Bertz CT molecular complexity index is 675. The highest BCUT2D eigenvalue weighted by molar-refractivity contribution is 7.91. The van der Waals surface area contributed by atoms with Gasteiger partial charge in [-0.3, -0.25) is 10.2 Å². The summed E-state index contributed by atoms with van der Waals surface area (Å²) >= 11 is 1.23. The molecule has 3 rings (SSSR count). The zero-order valence-corrected chi connectivity index (χ0v) is 14.5. The molecule has 1 fully saturated rings. The number of hydrazine groups is 1. The summed E-state index contributed by atoms with van der Waals surface area (Å²) in [5.41, 5.74) is 6.79. The highest BCUT2D eigenvalue weighted by Gasteiger charge is 2.32. The van der Waals surface area contributed by atoms with E-state index in [9.17, 15) is 13.2 Å². The smallest absolute Gasteiger partial charge is 0.252 e. The highest BCUT2D eigenvalue weighted by Crippen LogP contribution is 2.26. The fourth-order valence-electron chi connectivity index (χ4n) is 2.92. The van der Waals surface area contributed by atoms with Gasteiger partial charge in [-0.25, -0.2) is 8.42 Å². The van der Waals surface area contributed by atoms with Gasteiger partial charge in [0.25, 0.3) is 10.0 Å². The Morgan fingerprint density at radius 2 is 2.09 bits per heavy atom. The second-order valence-corrected chi connectivity index (χ2v) is 8.96. The fourth-order valence-corrected chi connectivity index (χ4v) is 5.54. The number of hydrogen-bond acceptors (Lipinski definition) is 5. The summed E-state index contributed by atoms with van der Waals surface area (Å²) in [6, 6.07) is 3.36. The van der Waals surface area contributed by atoms with Gasteiger partial charge in [-0.05, 0) is 43.6 Å². The van der Waals surface area contributed by atoms with Gasteiger partial charge in [-0.1, -0.05) is 12.1 Å². The van der Waals surface area contributed by atoms with Crippen LogP contribution in [-0.2, 0) is 14.8 Å². The third kappa shape index (κ3) is 3.76. The molecule has 0 aromatic carbocycles. The Balaban J connectivity index is 1.51. The van der Waals surface area contributed by atoms with Crippen molar-refractivity contribution in [3.05, 3.63) is 29.3 Å². The monoisotopic (exact) mass is 355 g/mol. The van der Waals surface area contributed by atoms with Gasteiger partial charge in [0.2, 0.25) is 5.91 Å². The molecule has 0 spiro atoms. The van der Waals surface area contributed by atoms with Crippen LogP contribution in [0.5, 0.6) is 0 Å². The van der Waals surface area contributed by atoms with Crippen LogP contribution in [0.2, 0.25) is 0 Å². The molecule has 2 heterocycles. The van der Waals surface area contributed by atoms with E-state index in [-0.39, 0.29) is 11.8 Å². The zero-order chi connectivity index (χ0) is 16.3. The number of carbonyl (C=O) groups is 1. The average Bonchev–Trinajstić information content (AvgIpc) is 3.26. The van der Waals surface area contributed by atoms with E-state index in [1.54, 1.807) is 17.5 Å². The quantitative estimate of drug-likeness (QED) is 0.790. The summed E-state index contributed by atoms with van der Waals surface area (Å²) < 4.78 is 26.7. The van der Waals surface area contributed by atoms with Crippen LogP contribution in [0.25, 0.3) is 0 Å². The van der Waals surface area contributed by atoms with Crippen LogP contribution < -0.4 is 10.9 Å². The van der Waals surface area contributed by atoms with Crippen molar-refractivity contribution < 1.29 is 13.2 Å². The standard InChI is InChI=1S/C15H21N3O3S2/c19-15(17-16-13-4-1-2-5-13)12-7-9-18(10-8-12)23(20,21)14-6-3-11-22-14/h3-4,6,11-12,16H,1-2,5,7-10H2,(H,17,19). The first kappa shape index (κ1) is 16.5. The first-order chi connectivity index (χ1) is 11.1. The summed E-state index contributed by atoms with van der Waals surface area (Å²) in [7, 11) is -3.40. The molecule has 0 unspecified atom stereocenters. The molecule has 126 valence electrons. The second kappa shape index (κ2) is 7.02. The molecule has 23 heavy (non-hydrogen) atoms. The van der Waals surface area contributed by atoms with Gasteiger partial charge in [0.1, 0.15) is 4.21 Å². The molecular weight excluding hydrogens is 334 g/mol. The van der Waals surface area contributed by atoms with Crippen molar-refractivity contribution in [2.75, 3.05) is 13.1 Å². The number of hydrogen-bond donors (Lipinski definition) is 2. The lowest BCUT2D eigenvalue weighted by Crippen LogP contribution is -2.46. The topological polar surface area (TPSA) is 78.5 Å². The molecule has 1 aromatic rings. The number of nitrogens with one attached hydrogen (secondary N) is 2. The Labute approximate surface area is 140 Å². The van der Waals surface area contributed by atoms with Gasteiger partial charge in [0.05, 0.1) is 0 Å². The van der Waals surface area contributed by atoms with Gasteiger partial charge in [0.15, 0.2) is 0 Å². The van der Waals surface area contributed by atoms with Gasteiger partial charge < -0.3 is 5.43 Å². The lowest BCUT2D eigenvalue weighted by molar-refractivity contribution is -0.126. The van der Waals surface area contributed by atoms with Crippen molar-refractivity contribution in [1.82, 2.24) is 15.2 Å². The van der Waals surface area contributed by atoms with Crippen molar-refractivity contribution in [2.45, 2.75) is 36.3 Å². The fraction of sp³-hybridized carbons (Fsp3) is 0.533. The van der Waals surface area contributed by atoms with Gasteiger partial charge in [-0.15, -0.1) is 11.3 Å². The predicted molar refractivity (Wildman–Crippen MR) is 89.0 cm³/mol. The Hall–Kier alpha value is -1.38. The maximum absolute atomic E-state index is 12.4. The molecule has 0 saturated carbocycles. The summed E-state index contributed by atoms with van der Waals surface area (Å²) in [4.78, 5) is 12.2. The molecule has 2 aliphatic rings. The largest absolute Gasteiger partial charge is 0.303 e. The number of amides is 1. The first-order valence-corrected chi connectivity index (χ1v) is 10.2. The molecule has 1 saturated heterocycles. The van der Waals surface area contributed by atoms with Gasteiger partial charge >= 0.3 is 0 Å². The third-order valence-electron chi connectivity index (χ3n) is 4.30. The van der Waals surface area contributed by atoms with Crippen LogP contribution in [0, 0.1) is 5.92 Å². The minimum Gasteiger partial charge on any atom is -0.303 e. The van der Waals surface area contributed by atoms with Crippen molar-refractivity contribution in [3.63, 3.8) is 0 Å². The lowest BCUT2D eigenvalue weighted by Gasteiger charge is -2.30. The van der Waals surface area contributed by atoms with Gasteiger partial charge in [-0.2, -0.15) is 4.31 Å². The molecule has 0 atom stereocenters. The van der Waals surface area contributed by atoms with E-state index < -0.39 is 10.0 Å². The number of sulfonamides is 1. The lowest BCUT2D eigenvalue weighted by atomic mass is 9.98. The molecule has 2 N–H and O–H groups in total. The Morgan fingerprint density at radius 1 is 1.30 bits per heavy atom. The molecule has 6 nitrogen and oxygen atoms in total. The summed E-state index contributed by atoms with van der Waals surface area (Å²) in [5, 5.41) is 1.76. The van der Waals surface area contributed by atoms with Crippen molar-refractivity contribution >= 4 is 27.3 Å². The van der Waals surface area contributed by atoms with E-state index in [4.69, 9.17) is 0 Å². The minimum absolute atomic E-state index is 0.0500. The number of rotatable bonds is 5. The molecule has 1 aliphatic heterocycles. The summed E-state index contributed by atoms with van der Waals surface area (Å²) in [5.74, 6) is -0.190. The van der Waals surface area contributed by atoms with E-state index in [0.29, 0.717) is 30.1 Å². The second-order valence-electron chi connectivity index (χ2n) is 5.85. The third-order valence-corrected chi connectivity index (χ3v) is 7.57. The molecule has 0 radical (unpaired) electrons. The molecule has 1 aromatic heterocycles. The maximum atomic E-state index is 12.4. The number of carbonyl (C=O) groups excluding carboxylic acids is 1. The molecule has 8 heteroatoms. The van der Waals surface area contributed by atoms with E-state index in [1.807, 2.05) is 0 Å². The molecular formula is C15H21N3O3S2. The van der Waals surface area contributed by atoms with Crippen LogP contribution in [0.3, 0.4) is 0 Å². The highest BCUT2D eigenvalue weighted by atomic mass is 32.2. The van der Waals surface area contributed by atoms with Crippen molar-refractivity contribution in [1.29, 1.82) is 0 Å². The number of piperidine rings is 1. The molecule has 0 bridgehead atoms. The van der Waals surface area contributed by atoms with E-state index in [1.165, 1.54) is 15.6 Å². The summed E-state index contributed by atoms with van der Waals surface area (Å²) in [6.07, 6.45) is 6.34. The van der Waals surface area contributed by atoms with E-state index in [0.717, 1.165) is 25.0 Å². The van der Waals surface area contributed by atoms with Crippen molar-refractivity contribution in [3.8, 4) is 0 Å². The van der Waals surface area contributed by atoms with E-state index >= 15 is 0 Å². The number of nitrogens with zero attached hydrogens (tertiary/aromatic N) is 1. The van der Waals surface area contributed by atoms with Crippen LogP contribution in [-0.4, -0.2) is 31.7 Å². The first-order valence-electron chi connectivity index (χ1n) is 7.86. The molecule has 1 amide bonds. The normalized spacial score (nSPS) is 20.3. The number of allylic oxidation sites excluding steroid dienone is 2. The van der Waals surface area contributed by atoms with Crippen LogP contribution in [0.15, 0.2) is 33.5 Å². The van der Waals surface area contributed by atoms with Gasteiger partial charge in [0, 0.05) is 24.7 Å². The Morgan fingerprint density at radius 3 is 2.70 bits per heavy atom. The maximum Gasteiger partial charge on any atom is 0.252 e. The van der Waals surface area contributed by atoms with E-state index in [2.05, 4.69) is 16.9 Å². The van der Waals surface area contributed by atoms with Crippen LogP contribution in [0.4, 0.5) is 0 Å². The zero-order valence-electron chi connectivity index (χ0n) is 12.8. The predicted octanol–water partition coefficient (Wildman–Crippen LogP) is 1.84. The van der Waals surface area contributed by atoms with Crippen LogP contribution in [0.1, 0.15) is 32.1 Å². The summed E-state index contributed by atoms with van der Waals surface area (Å²) in [6.45, 7) is 0.780.